The Morgan fingerprint density at radius 3 is 2.93 bits per heavy atom. The van der Waals surface area contributed by atoms with Gasteiger partial charge in [-0.3, -0.25) is 14.5 Å². The van der Waals surface area contributed by atoms with Crippen molar-refractivity contribution in [2.75, 3.05) is 6.54 Å². The summed E-state index contributed by atoms with van der Waals surface area (Å²) in [5.41, 5.74) is 0.752. The molecule has 1 amide bonds. The maximum absolute atomic E-state index is 12.6. The number of nitriles is 1. The number of rotatable bonds is 8. The number of hydrogen-bond acceptors (Lipinski definition) is 6. The van der Waals surface area contributed by atoms with Gasteiger partial charge in [0.1, 0.15) is 28.2 Å². The highest BCUT2D eigenvalue weighted by Gasteiger charge is 2.31. The van der Waals surface area contributed by atoms with Gasteiger partial charge < -0.3 is 9.52 Å². The van der Waals surface area contributed by atoms with E-state index in [0.29, 0.717) is 40.1 Å². The average Bonchev–Trinajstić information content (AvgIpc) is 3.27. The fourth-order valence-corrected chi connectivity index (χ4v) is 4.10. The highest BCUT2D eigenvalue weighted by molar-refractivity contribution is 8.26. The summed E-state index contributed by atoms with van der Waals surface area (Å²) in [6, 6.07) is 7.13. The Morgan fingerprint density at radius 2 is 2.17 bits per heavy atom. The second-order valence-electron chi connectivity index (χ2n) is 6.34. The van der Waals surface area contributed by atoms with Crippen LogP contribution in [-0.2, 0) is 9.59 Å². The van der Waals surface area contributed by atoms with Gasteiger partial charge in [-0.15, -0.1) is 4.57 Å². The second kappa shape index (κ2) is 9.49. The molecule has 7 nitrogen and oxygen atoms in total. The highest BCUT2D eigenvalue weighted by atomic mass is 32.2. The maximum atomic E-state index is 12.6. The zero-order valence-corrected chi connectivity index (χ0v) is 17.0. The molecule has 1 fully saturated rings. The molecule has 148 valence electrons. The summed E-state index contributed by atoms with van der Waals surface area (Å²) in [6.07, 6.45) is 9.12. The standard InChI is InChI=1S/C20H17N3O4S2/c21-13-22-9-4-5-14(12-22)16-8-7-15(27-16)11-17-19(26)23(20(28)29-17)10-3-1-2-6-18(24)25/h4-5,7-9,11-12H,1-3,6,10H2/p+1/b17-11-. The molecule has 0 unspecified atom stereocenters. The molecule has 1 aliphatic heterocycles. The van der Waals surface area contributed by atoms with Gasteiger partial charge >= 0.3 is 12.2 Å². The van der Waals surface area contributed by atoms with Gasteiger partial charge in [-0.25, -0.2) is 0 Å². The monoisotopic (exact) mass is 428 g/mol. The Balaban J connectivity index is 1.64. The number of thiocarbonyl (C=S) groups is 1. The van der Waals surface area contributed by atoms with Crippen LogP contribution in [0, 0.1) is 11.5 Å². The van der Waals surface area contributed by atoms with Gasteiger partial charge in [0, 0.05) is 19.0 Å². The van der Waals surface area contributed by atoms with Gasteiger partial charge in [0.15, 0.2) is 5.26 Å². The highest BCUT2D eigenvalue weighted by Crippen LogP contribution is 2.33. The third-order valence-corrected chi connectivity index (χ3v) is 5.62. The van der Waals surface area contributed by atoms with Crippen LogP contribution in [0.3, 0.4) is 0 Å². The number of hydrogen-bond donors (Lipinski definition) is 1. The predicted octanol–water partition coefficient (Wildman–Crippen LogP) is 3.41. The van der Waals surface area contributed by atoms with E-state index >= 15 is 0 Å². The van der Waals surface area contributed by atoms with Crippen molar-refractivity contribution in [3.8, 4) is 17.5 Å². The van der Waals surface area contributed by atoms with Gasteiger partial charge in [0.25, 0.3) is 5.91 Å². The molecular weight excluding hydrogens is 410 g/mol. The number of aliphatic carboxylic acids is 1. The molecular formula is C20H18N3O4S2+. The third-order valence-electron chi connectivity index (χ3n) is 4.25. The zero-order valence-electron chi connectivity index (χ0n) is 15.4. The van der Waals surface area contributed by atoms with Crippen LogP contribution >= 0.6 is 24.0 Å². The first-order valence-electron chi connectivity index (χ1n) is 8.97. The molecule has 2 aromatic heterocycles. The van der Waals surface area contributed by atoms with Crippen molar-refractivity contribution in [1.29, 1.82) is 5.26 Å². The van der Waals surface area contributed by atoms with Crippen LogP contribution in [0.4, 0.5) is 0 Å². The van der Waals surface area contributed by atoms with E-state index in [1.54, 1.807) is 41.6 Å². The maximum Gasteiger partial charge on any atom is 0.463 e. The number of carbonyl (C=O) groups is 2. The van der Waals surface area contributed by atoms with Crippen LogP contribution in [0.25, 0.3) is 17.4 Å². The normalized spacial score (nSPS) is 15.1. The van der Waals surface area contributed by atoms with Crippen LogP contribution in [-0.4, -0.2) is 32.7 Å². The number of unbranched alkanes of at least 4 members (excludes halogenated alkanes) is 2. The van der Waals surface area contributed by atoms with E-state index in [9.17, 15) is 9.59 Å². The number of carbonyl (C=O) groups excluding carboxylic acids is 1. The van der Waals surface area contributed by atoms with Gasteiger partial charge in [0.05, 0.1) is 10.5 Å². The van der Waals surface area contributed by atoms with E-state index in [-0.39, 0.29) is 12.3 Å². The van der Waals surface area contributed by atoms with Crippen molar-refractivity contribution in [1.82, 2.24) is 4.90 Å². The zero-order chi connectivity index (χ0) is 20.8. The van der Waals surface area contributed by atoms with Crippen molar-refractivity contribution in [3.05, 3.63) is 47.3 Å². The summed E-state index contributed by atoms with van der Waals surface area (Å²) in [6.45, 7) is 0.475. The van der Waals surface area contributed by atoms with Crippen LogP contribution in [0.2, 0.25) is 0 Å². The molecule has 2 aromatic rings. The molecule has 3 heterocycles. The number of pyridine rings is 1. The van der Waals surface area contributed by atoms with E-state index in [4.69, 9.17) is 27.0 Å². The molecule has 0 saturated carbocycles. The summed E-state index contributed by atoms with van der Waals surface area (Å²) in [4.78, 5) is 25.2. The summed E-state index contributed by atoms with van der Waals surface area (Å²) in [7, 11) is 0. The average molecular weight is 429 g/mol. The van der Waals surface area contributed by atoms with Gasteiger partial charge in [0.2, 0.25) is 0 Å². The molecule has 29 heavy (non-hydrogen) atoms. The van der Waals surface area contributed by atoms with Crippen molar-refractivity contribution >= 4 is 46.3 Å². The van der Waals surface area contributed by atoms with E-state index in [2.05, 4.69) is 0 Å². The molecule has 0 bridgehead atoms. The van der Waals surface area contributed by atoms with Gasteiger partial charge in [-0.1, -0.05) is 30.4 Å². The molecule has 1 N–H and O–H groups in total. The lowest BCUT2D eigenvalue weighted by atomic mass is 10.2. The Labute approximate surface area is 177 Å². The van der Waals surface area contributed by atoms with Crippen LogP contribution < -0.4 is 4.57 Å². The molecule has 0 atom stereocenters. The Bertz CT molecular complexity index is 1020. The second-order valence-corrected chi connectivity index (χ2v) is 8.02. The third kappa shape index (κ3) is 5.31. The molecule has 3 rings (SSSR count). The SMILES string of the molecule is N#C[n+]1cccc(-c2ccc(/C=C3\SC(=S)N(CCCCCC(=O)O)C3=O)o2)c1. The summed E-state index contributed by atoms with van der Waals surface area (Å²) in [5, 5.41) is 17.7. The first-order valence-corrected chi connectivity index (χ1v) is 10.2. The Kier molecular flexibility index (Phi) is 6.80. The minimum atomic E-state index is -0.811. The van der Waals surface area contributed by atoms with Crippen molar-refractivity contribution in [2.24, 2.45) is 0 Å². The number of nitrogens with zero attached hydrogens (tertiary/aromatic N) is 3. The fraction of sp³-hybridized carbons (Fsp3) is 0.250. The van der Waals surface area contributed by atoms with Crippen molar-refractivity contribution in [3.63, 3.8) is 0 Å². The minimum Gasteiger partial charge on any atom is -0.481 e. The predicted molar refractivity (Wildman–Crippen MR) is 111 cm³/mol. The first kappa shape index (κ1) is 20.8. The quantitative estimate of drug-likeness (QED) is 0.298. The summed E-state index contributed by atoms with van der Waals surface area (Å²) >= 11 is 6.53. The largest absolute Gasteiger partial charge is 0.481 e. The van der Waals surface area contributed by atoms with Crippen molar-refractivity contribution < 1.29 is 23.7 Å². The molecule has 9 heteroatoms. The lowest BCUT2D eigenvalue weighted by Crippen LogP contribution is -2.29. The topological polar surface area (TPSA) is 98.4 Å². The molecule has 0 aliphatic carbocycles. The Morgan fingerprint density at radius 1 is 1.34 bits per heavy atom. The van der Waals surface area contributed by atoms with E-state index < -0.39 is 5.97 Å². The molecule has 1 saturated heterocycles. The number of carboxylic acid groups (broad SMARTS) is 1. The van der Waals surface area contributed by atoms with Crippen LogP contribution in [0.15, 0.2) is 46.0 Å². The van der Waals surface area contributed by atoms with Crippen LogP contribution in [0.5, 0.6) is 0 Å². The van der Waals surface area contributed by atoms with E-state index in [1.807, 2.05) is 12.3 Å². The van der Waals surface area contributed by atoms with E-state index in [0.717, 1.165) is 12.0 Å². The molecule has 0 radical (unpaired) electrons. The first-order chi connectivity index (χ1) is 14.0. The van der Waals surface area contributed by atoms with E-state index in [1.165, 1.54) is 16.3 Å². The lowest BCUT2D eigenvalue weighted by molar-refractivity contribution is -0.585. The number of amides is 1. The number of aromatic nitrogens is 1. The lowest BCUT2D eigenvalue weighted by Gasteiger charge is -2.13. The smallest absolute Gasteiger partial charge is 0.463 e. The molecule has 0 spiro atoms. The summed E-state index contributed by atoms with van der Waals surface area (Å²) < 4.78 is 7.67. The fourth-order valence-electron chi connectivity index (χ4n) is 2.81. The summed E-state index contributed by atoms with van der Waals surface area (Å²) in [5.74, 6) is 0.136. The van der Waals surface area contributed by atoms with Crippen molar-refractivity contribution in [2.45, 2.75) is 25.7 Å². The Hall–Kier alpha value is -2.96. The van der Waals surface area contributed by atoms with Gasteiger partial charge in [-0.05, 0) is 37.1 Å². The molecule has 0 aromatic carbocycles. The number of furan rings is 1. The minimum absolute atomic E-state index is 0.134. The number of thioether (sulfide) groups is 1. The van der Waals surface area contributed by atoms with Crippen LogP contribution in [0.1, 0.15) is 31.4 Å². The molecule has 1 aliphatic rings. The number of carboxylic acids is 1. The van der Waals surface area contributed by atoms with Gasteiger partial charge in [-0.2, -0.15) is 0 Å².